The van der Waals surface area contributed by atoms with Crippen molar-refractivity contribution < 1.29 is 19.7 Å². The highest BCUT2D eigenvalue weighted by molar-refractivity contribution is 5.76. The third-order valence-electron chi connectivity index (χ3n) is 3.51. The number of ether oxygens (including phenoxy) is 1. The molecule has 2 aliphatic heterocycles. The number of hydrogen-bond donors (Lipinski definition) is 3. The molecule has 0 aliphatic carbocycles. The lowest BCUT2D eigenvalue weighted by molar-refractivity contribution is -0.124. The van der Waals surface area contributed by atoms with Gasteiger partial charge in [-0.1, -0.05) is 27.7 Å². The molecular formula is C17H38N2O4. The third-order valence-corrected chi connectivity index (χ3v) is 3.51. The molecule has 6 heteroatoms. The molecule has 0 bridgehead atoms. The topological polar surface area (TPSA) is 82.0 Å². The van der Waals surface area contributed by atoms with Crippen LogP contribution in [0.15, 0.2) is 0 Å². The molecule has 3 N–H and O–H groups in total. The van der Waals surface area contributed by atoms with Gasteiger partial charge in [-0.3, -0.25) is 4.79 Å². The van der Waals surface area contributed by atoms with Gasteiger partial charge in [-0.25, -0.2) is 0 Å². The van der Waals surface area contributed by atoms with Crippen LogP contribution < -0.4 is 5.32 Å². The van der Waals surface area contributed by atoms with Gasteiger partial charge in [-0.15, -0.1) is 0 Å². The fourth-order valence-corrected chi connectivity index (χ4v) is 2.65. The lowest BCUT2D eigenvalue weighted by Gasteiger charge is -2.27. The largest absolute Gasteiger partial charge is 0.400 e. The highest BCUT2D eigenvalue weighted by Crippen LogP contribution is 2.18. The SMILES string of the molecule is CC.CC.CN1CCC(CC(=O)NC2COCC(O)C2)C1.CO. The molecule has 0 aromatic carbocycles. The van der Waals surface area contributed by atoms with Crippen LogP contribution in [-0.2, 0) is 9.53 Å². The highest BCUT2D eigenvalue weighted by Gasteiger charge is 2.25. The second-order valence-electron chi connectivity index (χ2n) is 5.31. The summed E-state index contributed by atoms with van der Waals surface area (Å²) in [6.45, 7) is 11.0. The van der Waals surface area contributed by atoms with E-state index in [1.165, 1.54) is 0 Å². The van der Waals surface area contributed by atoms with Crippen molar-refractivity contribution >= 4 is 5.91 Å². The van der Waals surface area contributed by atoms with E-state index >= 15 is 0 Å². The first-order chi connectivity index (χ1) is 11.1. The van der Waals surface area contributed by atoms with E-state index in [-0.39, 0.29) is 11.9 Å². The summed E-state index contributed by atoms with van der Waals surface area (Å²) in [6, 6.07) is -0.0228. The van der Waals surface area contributed by atoms with Gasteiger partial charge >= 0.3 is 0 Å². The maximum absolute atomic E-state index is 11.8. The van der Waals surface area contributed by atoms with Crippen LogP contribution in [0.25, 0.3) is 0 Å². The fourth-order valence-electron chi connectivity index (χ4n) is 2.65. The Morgan fingerprint density at radius 1 is 1.22 bits per heavy atom. The zero-order chi connectivity index (χ0) is 18.3. The first kappa shape index (κ1) is 24.6. The van der Waals surface area contributed by atoms with E-state index in [4.69, 9.17) is 9.84 Å². The highest BCUT2D eigenvalue weighted by atomic mass is 16.5. The van der Waals surface area contributed by atoms with Crippen molar-refractivity contribution in [2.45, 2.75) is 59.1 Å². The fraction of sp³-hybridized carbons (Fsp3) is 0.941. The molecule has 6 nitrogen and oxygen atoms in total. The quantitative estimate of drug-likeness (QED) is 0.724. The van der Waals surface area contributed by atoms with E-state index in [0.717, 1.165) is 26.6 Å². The lowest BCUT2D eigenvalue weighted by Crippen LogP contribution is -2.45. The van der Waals surface area contributed by atoms with Crippen molar-refractivity contribution in [3.63, 3.8) is 0 Å². The van der Waals surface area contributed by atoms with E-state index in [1.54, 1.807) is 0 Å². The first-order valence-electron chi connectivity index (χ1n) is 8.82. The van der Waals surface area contributed by atoms with Gasteiger partial charge in [0.25, 0.3) is 0 Å². The summed E-state index contributed by atoms with van der Waals surface area (Å²) < 4.78 is 5.21. The number of carbonyl (C=O) groups excluding carboxylic acids is 1. The number of carbonyl (C=O) groups is 1. The molecule has 0 aromatic heterocycles. The lowest BCUT2D eigenvalue weighted by atomic mass is 10.0. The average molecular weight is 335 g/mol. The summed E-state index contributed by atoms with van der Waals surface area (Å²) in [5.41, 5.74) is 0. The number of nitrogens with one attached hydrogen (secondary N) is 1. The van der Waals surface area contributed by atoms with Crippen LogP contribution in [0.2, 0.25) is 0 Å². The Hall–Kier alpha value is -0.690. The van der Waals surface area contributed by atoms with E-state index in [2.05, 4.69) is 17.3 Å². The van der Waals surface area contributed by atoms with Gasteiger partial charge in [0.1, 0.15) is 0 Å². The number of nitrogens with zero attached hydrogens (tertiary/aromatic N) is 1. The Morgan fingerprint density at radius 3 is 2.30 bits per heavy atom. The van der Waals surface area contributed by atoms with Crippen LogP contribution in [0.4, 0.5) is 0 Å². The summed E-state index contributed by atoms with van der Waals surface area (Å²) in [6.07, 6.45) is 1.87. The molecular weight excluding hydrogens is 296 g/mol. The minimum absolute atomic E-state index is 0.0228. The summed E-state index contributed by atoms with van der Waals surface area (Å²) in [7, 11) is 3.09. The number of aliphatic hydroxyl groups excluding tert-OH is 2. The van der Waals surface area contributed by atoms with Crippen molar-refractivity contribution in [1.82, 2.24) is 10.2 Å². The third kappa shape index (κ3) is 11.5. The normalized spacial score (nSPS) is 26.5. The van der Waals surface area contributed by atoms with Crippen LogP contribution in [0.5, 0.6) is 0 Å². The molecule has 2 rings (SSSR count). The zero-order valence-electron chi connectivity index (χ0n) is 15.8. The van der Waals surface area contributed by atoms with E-state index in [0.29, 0.717) is 32.0 Å². The number of rotatable bonds is 3. The Bertz CT molecular complexity index is 277. The van der Waals surface area contributed by atoms with Crippen LogP contribution >= 0.6 is 0 Å². The van der Waals surface area contributed by atoms with Crippen molar-refractivity contribution in [3.8, 4) is 0 Å². The number of likely N-dealkylation sites (tertiary alicyclic amines) is 1. The Balaban J connectivity index is 0. The molecule has 1 amide bonds. The standard InChI is InChI=1S/C12H22N2O3.2C2H6.CH4O/c1-14-3-2-9(6-14)4-12(16)13-10-5-11(15)8-17-7-10;3*1-2/h9-11,15H,2-8H2,1H3,(H,13,16);2*1-2H3;2H,1H3. The molecule has 2 aliphatic rings. The van der Waals surface area contributed by atoms with Gasteiger partial charge in [-0.05, 0) is 32.4 Å². The van der Waals surface area contributed by atoms with Crippen molar-refractivity contribution in [2.75, 3.05) is 40.5 Å². The molecule has 2 heterocycles. The molecule has 0 radical (unpaired) electrons. The Labute approximate surface area is 142 Å². The number of hydrogen-bond acceptors (Lipinski definition) is 5. The van der Waals surface area contributed by atoms with Gasteiger partial charge in [0, 0.05) is 20.1 Å². The molecule has 0 spiro atoms. The van der Waals surface area contributed by atoms with E-state index < -0.39 is 6.10 Å². The maximum Gasteiger partial charge on any atom is 0.220 e. The number of aliphatic hydroxyl groups is 2. The molecule has 23 heavy (non-hydrogen) atoms. The second kappa shape index (κ2) is 16.2. The first-order valence-corrected chi connectivity index (χ1v) is 8.82. The number of amides is 1. The Morgan fingerprint density at radius 2 is 1.83 bits per heavy atom. The van der Waals surface area contributed by atoms with Gasteiger partial charge in [0.2, 0.25) is 5.91 Å². The predicted octanol–water partition coefficient (Wildman–Crippen LogP) is 1.26. The second-order valence-corrected chi connectivity index (χ2v) is 5.31. The van der Waals surface area contributed by atoms with Crippen molar-refractivity contribution in [1.29, 1.82) is 0 Å². The molecule has 3 unspecified atom stereocenters. The van der Waals surface area contributed by atoms with Crippen molar-refractivity contribution in [2.24, 2.45) is 5.92 Å². The molecule has 2 fully saturated rings. The van der Waals surface area contributed by atoms with Crippen LogP contribution in [0.1, 0.15) is 47.0 Å². The summed E-state index contributed by atoms with van der Waals surface area (Å²) in [5, 5.41) is 19.4. The van der Waals surface area contributed by atoms with Gasteiger partial charge in [0.05, 0.1) is 25.4 Å². The molecule has 3 atom stereocenters. The van der Waals surface area contributed by atoms with Gasteiger partial charge < -0.3 is 25.2 Å². The smallest absolute Gasteiger partial charge is 0.220 e. The summed E-state index contributed by atoms with van der Waals surface area (Å²) in [5.74, 6) is 0.572. The van der Waals surface area contributed by atoms with E-state index in [1.807, 2.05) is 27.7 Å². The minimum atomic E-state index is -0.438. The predicted molar refractivity (Wildman–Crippen MR) is 94.4 cm³/mol. The van der Waals surface area contributed by atoms with Crippen LogP contribution in [0.3, 0.4) is 0 Å². The summed E-state index contributed by atoms with van der Waals surface area (Å²) in [4.78, 5) is 14.1. The van der Waals surface area contributed by atoms with Gasteiger partial charge in [0.15, 0.2) is 0 Å². The van der Waals surface area contributed by atoms with E-state index in [9.17, 15) is 9.90 Å². The van der Waals surface area contributed by atoms with Gasteiger partial charge in [-0.2, -0.15) is 0 Å². The summed E-state index contributed by atoms with van der Waals surface area (Å²) >= 11 is 0. The van der Waals surface area contributed by atoms with Crippen LogP contribution in [-0.4, -0.2) is 73.6 Å². The monoisotopic (exact) mass is 334 g/mol. The molecule has 140 valence electrons. The minimum Gasteiger partial charge on any atom is -0.400 e. The molecule has 0 aromatic rings. The Kier molecular flexibility index (Phi) is 17.3. The zero-order valence-corrected chi connectivity index (χ0v) is 15.8. The maximum atomic E-state index is 11.8. The molecule has 2 saturated heterocycles. The van der Waals surface area contributed by atoms with Crippen molar-refractivity contribution in [3.05, 3.63) is 0 Å². The molecule has 0 saturated carbocycles. The van der Waals surface area contributed by atoms with Crippen LogP contribution in [0, 0.1) is 5.92 Å². The average Bonchev–Trinajstić information content (AvgIpc) is 2.98.